The average Bonchev–Trinajstić information content (AvgIpc) is 2.83. The van der Waals surface area contributed by atoms with E-state index in [-0.39, 0.29) is 24.7 Å². The van der Waals surface area contributed by atoms with Crippen LogP contribution in [-0.4, -0.2) is 36.8 Å². The maximum absolute atomic E-state index is 12.7. The molecule has 0 spiro atoms. The Morgan fingerprint density at radius 1 is 1.00 bits per heavy atom. The highest BCUT2D eigenvalue weighted by Gasteiger charge is 2.32. The Hall–Kier alpha value is -3.11. The van der Waals surface area contributed by atoms with Crippen molar-refractivity contribution >= 4 is 6.09 Å². The lowest BCUT2D eigenvalue weighted by Gasteiger charge is -2.37. The molecule has 1 saturated heterocycles. The quantitative estimate of drug-likeness (QED) is 0.544. The monoisotopic (exact) mass is 415 g/mol. The van der Waals surface area contributed by atoms with Crippen LogP contribution in [0, 0.1) is 6.92 Å². The Morgan fingerprint density at radius 3 is 2.42 bits per heavy atom. The third-order valence-corrected chi connectivity index (χ3v) is 5.93. The fourth-order valence-electron chi connectivity index (χ4n) is 4.14. The molecule has 0 unspecified atom stereocenters. The topological polar surface area (TPSA) is 38.8 Å². The number of benzene rings is 3. The minimum Gasteiger partial charge on any atom is -0.445 e. The summed E-state index contributed by atoms with van der Waals surface area (Å²) in [5.74, 6) is 0.159. The Bertz CT molecular complexity index is 974. The second-order valence-electron chi connectivity index (χ2n) is 8.04. The summed E-state index contributed by atoms with van der Waals surface area (Å²) in [6, 6.07) is 28.7. The number of nitrogens with zero attached hydrogens (tertiary/aromatic N) is 1. The van der Waals surface area contributed by atoms with Crippen LogP contribution in [0.1, 0.15) is 28.2 Å². The summed E-state index contributed by atoms with van der Waals surface area (Å²) in [6.45, 7) is 4.02. The highest BCUT2D eigenvalue weighted by Crippen LogP contribution is 2.30. The number of ether oxygens (including phenoxy) is 2. The molecule has 4 heteroatoms. The minimum atomic E-state index is -0.278. The van der Waals surface area contributed by atoms with Gasteiger partial charge in [-0.3, -0.25) is 0 Å². The van der Waals surface area contributed by atoms with Crippen molar-refractivity contribution in [3.05, 3.63) is 107 Å². The second kappa shape index (κ2) is 10.3. The molecule has 31 heavy (non-hydrogen) atoms. The number of aryl methyl sites for hydroxylation is 1. The van der Waals surface area contributed by atoms with Gasteiger partial charge in [-0.25, -0.2) is 4.79 Å². The van der Waals surface area contributed by atoms with Gasteiger partial charge in [-0.1, -0.05) is 84.9 Å². The van der Waals surface area contributed by atoms with Gasteiger partial charge in [-0.05, 0) is 35.6 Å². The molecule has 3 aromatic rings. The number of hydrogen-bond donors (Lipinski definition) is 0. The van der Waals surface area contributed by atoms with E-state index in [1.807, 2.05) is 36.4 Å². The molecule has 0 radical (unpaired) electrons. The molecule has 1 aliphatic heterocycles. The van der Waals surface area contributed by atoms with Gasteiger partial charge in [0.2, 0.25) is 0 Å². The lowest BCUT2D eigenvalue weighted by Crippen LogP contribution is -2.48. The van der Waals surface area contributed by atoms with Crippen LogP contribution in [0.15, 0.2) is 84.9 Å². The molecule has 1 fully saturated rings. The minimum absolute atomic E-state index is 0.0833. The summed E-state index contributed by atoms with van der Waals surface area (Å²) in [4.78, 5) is 14.5. The first kappa shape index (κ1) is 21.1. The molecule has 0 bridgehead atoms. The van der Waals surface area contributed by atoms with Crippen LogP contribution in [0.4, 0.5) is 4.79 Å². The highest BCUT2D eigenvalue weighted by molar-refractivity contribution is 5.67. The molecule has 0 aliphatic carbocycles. The van der Waals surface area contributed by atoms with Gasteiger partial charge in [0.05, 0.1) is 19.3 Å². The van der Waals surface area contributed by atoms with Gasteiger partial charge in [0.1, 0.15) is 6.61 Å². The SMILES string of the molecule is Cc1ccccc1C[C@@H](c1ccccc1)[C@@H]1CN(C(=O)OCc2ccccc2)CCO1. The third-order valence-electron chi connectivity index (χ3n) is 5.93. The molecule has 4 nitrogen and oxygen atoms in total. The van der Waals surface area contributed by atoms with Gasteiger partial charge in [0.15, 0.2) is 0 Å². The predicted molar refractivity (Wildman–Crippen MR) is 122 cm³/mol. The second-order valence-corrected chi connectivity index (χ2v) is 8.04. The van der Waals surface area contributed by atoms with Crippen molar-refractivity contribution in [1.82, 2.24) is 4.90 Å². The smallest absolute Gasteiger partial charge is 0.410 e. The first-order valence-electron chi connectivity index (χ1n) is 10.9. The summed E-state index contributed by atoms with van der Waals surface area (Å²) in [7, 11) is 0. The lowest BCUT2D eigenvalue weighted by molar-refractivity contribution is -0.0402. The molecule has 4 rings (SSSR count). The van der Waals surface area contributed by atoms with Crippen molar-refractivity contribution in [3.63, 3.8) is 0 Å². The molecule has 0 N–H and O–H groups in total. The van der Waals surface area contributed by atoms with Crippen molar-refractivity contribution in [3.8, 4) is 0 Å². The zero-order chi connectivity index (χ0) is 21.5. The molecule has 1 heterocycles. The molecule has 2 atom stereocenters. The standard InChI is InChI=1S/C27H29NO3/c1-21-10-8-9-15-24(21)18-25(23-13-6-3-7-14-23)26-19-28(16-17-30-26)27(29)31-20-22-11-4-2-5-12-22/h2-15,25-26H,16-20H2,1H3/t25-,26-/m0/s1. The summed E-state index contributed by atoms with van der Waals surface area (Å²) >= 11 is 0. The van der Waals surface area contributed by atoms with Crippen LogP contribution >= 0.6 is 0 Å². The maximum Gasteiger partial charge on any atom is 0.410 e. The number of amides is 1. The van der Waals surface area contributed by atoms with E-state index in [0.29, 0.717) is 19.7 Å². The van der Waals surface area contributed by atoms with Crippen LogP contribution in [-0.2, 0) is 22.5 Å². The summed E-state index contributed by atoms with van der Waals surface area (Å²) in [5, 5.41) is 0. The average molecular weight is 416 g/mol. The van der Waals surface area contributed by atoms with E-state index >= 15 is 0 Å². The molecule has 160 valence electrons. The zero-order valence-corrected chi connectivity index (χ0v) is 17.9. The Balaban J connectivity index is 1.47. The molecular weight excluding hydrogens is 386 g/mol. The van der Waals surface area contributed by atoms with E-state index in [1.165, 1.54) is 16.7 Å². The van der Waals surface area contributed by atoms with Gasteiger partial charge in [-0.2, -0.15) is 0 Å². The highest BCUT2D eigenvalue weighted by atomic mass is 16.6. The van der Waals surface area contributed by atoms with E-state index in [2.05, 4.69) is 55.5 Å². The van der Waals surface area contributed by atoms with Crippen molar-refractivity contribution in [2.24, 2.45) is 0 Å². The fourth-order valence-corrected chi connectivity index (χ4v) is 4.14. The molecule has 0 saturated carbocycles. The van der Waals surface area contributed by atoms with Crippen molar-refractivity contribution < 1.29 is 14.3 Å². The van der Waals surface area contributed by atoms with E-state index in [9.17, 15) is 4.79 Å². The maximum atomic E-state index is 12.7. The summed E-state index contributed by atoms with van der Waals surface area (Å²) in [5.41, 5.74) is 4.81. The number of morpholine rings is 1. The molecule has 0 aromatic heterocycles. The van der Waals surface area contributed by atoms with Crippen molar-refractivity contribution in [2.45, 2.75) is 32.0 Å². The van der Waals surface area contributed by atoms with Crippen LogP contribution in [0.5, 0.6) is 0 Å². The Morgan fingerprint density at radius 2 is 1.68 bits per heavy atom. The third kappa shape index (κ3) is 5.53. The Kier molecular flexibility index (Phi) is 7.00. The first-order chi connectivity index (χ1) is 15.2. The van der Waals surface area contributed by atoms with Gasteiger partial charge in [0, 0.05) is 12.5 Å². The van der Waals surface area contributed by atoms with Crippen molar-refractivity contribution in [2.75, 3.05) is 19.7 Å². The fraction of sp³-hybridized carbons (Fsp3) is 0.296. The number of carbonyl (C=O) groups is 1. The summed E-state index contributed by atoms with van der Waals surface area (Å²) in [6.07, 6.45) is 0.508. The summed E-state index contributed by atoms with van der Waals surface area (Å²) < 4.78 is 11.8. The molecular formula is C27H29NO3. The van der Waals surface area contributed by atoms with Crippen LogP contribution in [0.2, 0.25) is 0 Å². The van der Waals surface area contributed by atoms with Gasteiger partial charge >= 0.3 is 6.09 Å². The van der Waals surface area contributed by atoms with E-state index in [0.717, 1.165) is 12.0 Å². The largest absolute Gasteiger partial charge is 0.445 e. The van der Waals surface area contributed by atoms with Crippen molar-refractivity contribution in [1.29, 1.82) is 0 Å². The lowest BCUT2D eigenvalue weighted by atomic mass is 9.85. The molecule has 1 amide bonds. The van der Waals surface area contributed by atoms with E-state index in [1.54, 1.807) is 4.90 Å². The van der Waals surface area contributed by atoms with E-state index < -0.39 is 0 Å². The normalized spacial score (nSPS) is 17.2. The van der Waals surface area contributed by atoms with Gasteiger partial charge < -0.3 is 14.4 Å². The first-order valence-corrected chi connectivity index (χ1v) is 10.9. The van der Waals surface area contributed by atoms with Crippen LogP contribution < -0.4 is 0 Å². The van der Waals surface area contributed by atoms with Crippen LogP contribution in [0.3, 0.4) is 0 Å². The number of carbonyl (C=O) groups excluding carboxylic acids is 1. The van der Waals surface area contributed by atoms with Crippen LogP contribution in [0.25, 0.3) is 0 Å². The Labute approximate surface area is 184 Å². The number of hydrogen-bond acceptors (Lipinski definition) is 3. The molecule has 1 aliphatic rings. The zero-order valence-electron chi connectivity index (χ0n) is 17.9. The predicted octanol–water partition coefficient (Wildman–Crippen LogP) is 5.36. The number of rotatable bonds is 6. The van der Waals surface area contributed by atoms with E-state index in [4.69, 9.17) is 9.47 Å². The van der Waals surface area contributed by atoms with Gasteiger partial charge in [-0.15, -0.1) is 0 Å². The van der Waals surface area contributed by atoms with Gasteiger partial charge in [0.25, 0.3) is 0 Å². The molecule has 3 aromatic carbocycles.